The van der Waals surface area contributed by atoms with Crippen molar-refractivity contribution in [3.8, 4) is 0 Å². The molecule has 1 saturated carbocycles. The van der Waals surface area contributed by atoms with Crippen molar-refractivity contribution >= 4 is 0 Å². The minimum Gasteiger partial charge on any atom is -0.378 e. The van der Waals surface area contributed by atoms with Crippen LogP contribution in [-0.2, 0) is 4.74 Å². The first-order valence-electron chi connectivity index (χ1n) is 7.19. The summed E-state index contributed by atoms with van der Waals surface area (Å²) < 4.78 is 19.2. The predicted molar refractivity (Wildman–Crippen MR) is 75.7 cm³/mol. The number of ether oxygens (including phenoxy) is 1. The fourth-order valence-corrected chi connectivity index (χ4v) is 2.82. The molecule has 0 saturated heterocycles. The van der Waals surface area contributed by atoms with Gasteiger partial charge >= 0.3 is 0 Å². The van der Waals surface area contributed by atoms with Crippen LogP contribution in [0.4, 0.5) is 4.39 Å². The van der Waals surface area contributed by atoms with E-state index in [4.69, 9.17) is 4.74 Å². The van der Waals surface area contributed by atoms with E-state index in [1.165, 1.54) is 0 Å². The highest BCUT2D eigenvalue weighted by Crippen LogP contribution is 2.37. The molecule has 2 rings (SSSR count). The van der Waals surface area contributed by atoms with Crippen LogP contribution in [0.15, 0.2) is 18.2 Å². The first-order valence-corrected chi connectivity index (χ1v) is 7.19. The molecule has 1 N–H and O–H groups in total. The van der Waals surface area contributed by atoms with Crippen LogP contribution in [0, 0.1) is 18.7 Å². The summed E-state index contributed by atoms with van der Waals surface area (Å²) in [6.07, 6.45) is 3.78. The molecule has 3 heteroatoms. The third-order valence-corrected chi connectivity index (χ3v) is 4.11. The number of hydrogen-bond acceptors (Lipinski definition) is 2. The monoisotopic (exact) mass is 265 g/mol. The van der Waals surface area contributed by atoms with Gasteiger partial charge in [-0.3, -0.25) is 0 Å². The van der Waals surface area contributed by atoms with Gasteiger partial charge in [0, 0.05) is 12.6 Å². The molecule has 0 spiro atoms. The van der Waals surface area contributed by atoms with Crippen LogP contribution in [0.3, 0.4) is 0 Å². The maximum atomic E-state index is 13.6. The van der Waals surface area contributed by atoms with E-state index >= 15 is 0 Å². The van der Waals surface area contributed by atoms with E-state index in [9.17, 15) is 4.39 Å². The number of rotatable bonds is 6. The molecule has 0 heterocycles. The Kier molecular flexibility index (Phi) is 4.94. The Morgan fingerprint density at radius 3 is 2.74 bits per heavy atom. The third kappa shape index (κ3) is 3.54. The molecule has 1 fully saturated rings. The molecule has 1 aliphatic rings. The predicted octanol–water partition coefficient (Wildman–Crippen LogP) is 3.60. The molecule has 1 aromatic rings. The SMILES string of the molecule is CCOC1CC(CC(NC)c2ccc(C)c(F)c2)C1. The van der Waals surface area contributed by atoms with Gasteiger partial charge in [-0.15, -0.1) is 0 Å². The van der Waals surface area contributed by atoms with E-state index in [-0.39, 0.29) is 11.9 Å². The fraction of sp³-hybridized carbons (Fsp3) is 0.625. The Balaban J connectivity index is 1.92. The smallest absolute Gasteiger partial charge is 0.126 e. The van der Waals surface area contributed by atoms with Crippen LogP contribution < -0.4 is 5.32 Å². The zero-order valence-corrected chi connectivity index (χ0v) is 12.1. The number of aryl methyl sites for hydroxylation is 1. The quantitative estimate of drug-likeness (QED) is 0.848. The Bertz CT molecular complexity index is 415. The van der Waals surface area contributed by atoms with Crippen LogP contribution in [-0.4, -0.2) is 19.8 Å². The molecule has 0 radical (unpaired) electrons. The van der Waals surface area contributed by atoms with Gasteiger partial charge in [-0.05, 0) is 63.3 Å². The van der Waals surface area contributed by atoms with E-state index in [1.807, 2.05) is 26.1 Å². The molecule has 0 aromatic heterocycles. The molecule has 1 atom stereocenters. The minimum absolute atomic E-state index is 0.112. The number of hydrogen-bond donors (Lipinski definition) is 1. The number of halogens is 1. The van der Waals surface area contributed by atoms with Crippen LogP contribution in [0.5, 0.6) is 0 Å². The van der Waals surface area contributed by atoms with Gasteiger partial charge in [-0.25, -0.2) is 4.39 Å². The van der Waals surface area contributed by atoms with Crippen molar-refractivity contribution in [2.45, 2.75) is 45.3 Å². The van der Waals surface area contributed by atoms with Crippen molar-refractivity contribution in [3.63, 3.8) is 0 Å². The van der Waals surface area contributed by atoms with E-state index in [2.05, 4.69) is 5.32 Å². The summed E-state index contributed by atoms with van der Waals surface area (Å²) in [6, 6.07) is 5.79. The molecule has 1 unspecified atom stereocenters. The van der Waals surface area contributed by atoms with Crippen molar-refractivity contribution in [1.29, 1.82) is 0 Å². The molecule has 106 valence electrons. The van der Waals surface area contributed by atoms with Crippen molar-refractivity contribution in [1.82, 2.24) is 5.32 Å². The molecular weight excluding hydrogens is 241 g/mol. The van der Waals surface area contributed by atoms with Crippen molar-refractivity contribution in [2.24, 2.45) is 5.92 Å². The zero-order valence-electron chi connectivity index (χ0n) is 12.1. The average molecular weight is 265 g/mol. The highest BCUT2D eigenvalue weighted by molar-refractivity contribution is 5.26. The second-order valence-electron chi connectivity index (χ2n) is 5.50. The highest BCUT2D eigenvalue weighted by Gasteiger charge is 2.31. The van der Waals surface area contributed by atoms with Gasteiger partial charge in [0.1, 0.15) is 5.82 Å². The van der Waals surface area contributed by atoms with E-state index < -0.39 is 0 Å². The average Bonchev–Trinajstić information content (AvgIpc) is 2.36. The summed E-state index contributed by atoms with van der Waals surface area (Å²) in [5.41, 5.74) is 1.75. The molecule has 0 aliphatic heterocycles. The molecule has 0 bridgehead atoms. The lowest BCUT2D eigenvalue weighted by atomic mass is 9.77. The first-order chi connectivity index (χ1) is 9.13. The van der Waals surface area contributed by atoms with Crippen LogP contribution in [0.1, 0.15) is 43.4 Å². The summed E-state index contributed by atoms with van der Waals surface area (Å²) in [4.78, 5) is 0. The van der Waals surface area contributed by atoms with E-state index in [0.717, 1.165) is 31.4 Å². The molecule has 19 heavy (non-hydrogen) atoms. The lowest BCUT2D eigenvalue weighted by molar-refractivity contribution is -0.0289. The van der Waals surface area contributed by atoms with Crippen LogP contribution in [0.25, 0.3) is 0 Å². The maximum absolute atomic E-state index is 13.6. The Morgan fingerprint density at radius 1 is 1.42 bits per heavy atom. The Hall–Kier alpha value is -0.930. The van der Waals surface area contributed by atoms with Crippen LogP contribution >= 0.6 is 0 Å². The van der Waals surface area contributed by atoms with Crippen molar-refractivity contribution in [3.05, 3.63) is 35.1 Å². The fourth-order valence-electron chi connectivity index (χ4n) is 2.82. The minimum atomic E-state index is -0.112. The molecular formula is C16H24FNO. The molecule has 0 amide bonds. The summed E-state index contributed by atoms with van der Waals surface area (Å²) in [5, 5.41) is 3.30. The Morgan fingerprint density at radius 2 is 2.16 bits per heavy atom. The highest BCUT2D eigenvalue weighted by atomic mass is 19.1. The van der Waals surface area contributed by atoms with Gasteiger partial charge in [0.2, 0.25) is 0 Å². The van der Waals surface area contributed by atoms with Gasteiger partial charge in [-0.2, -0.15) is 0 Å². The summed E-state index contributed by atoms with van der Waals surface area (Å²) in [5.74, 6) is 0.580. The number of nitrogens with one attached hydrogen (secondary N) is 1. The second kappa shape index (κ2) is 6.49. The first kappa shape index (κ1) is 14.5. The van der Waals surface area contributed by atoms with Crippen molar-refractivity contribution in [2.75, 3.05) is 13.7 Å². The zero-order chi connectivity index (χ0) is 13.8. The van der Waals surface area contributed by atoms with Gasteiger partial charge < -0.3 is 10.1 Å². The van der Waals surface area contributed by atoms with Gasteiger partial charge in [0.05, 0.1) is 6.10 Å². The molecule has 2 nitrogen and oxygen atoms in total. The van der Waals surface area contributed by atoms with E-state index in [0.29, 0.717) is 17.6 Å². The third-order valence-electron chi connectivity index (χ3n) is 4.11. The largest absolute Gasteiger partial charge is 0.378 e. The topological polar surface area (TPSA) is 21.3 Å². The van der Waals surface area contributed by atoms with Crippen LogP contribution in [0.2, 0.25) is 0 Å². The summed E-state index contributed by atoms with van der Waals surface area (Å²) >= 11 is 0. The van der Waals surface area contributed by atoms with Crippen molar-refractivity contribution < 1.29 is 9.13 Å². The maximum Gasteiger partial charge on any atom is 0.126 e. The molecule has 1 aromatic carbocycles. The van der Waals surface area contributed by atoms with E-state index in [1.54, 1.807) is 13.0 Å². The molecule has 1 aliphatic carbocycles. The van der Waals surface area contributed by atoms with Gasteiger partial charge in [0.15, 0.2) is 0 Å². The second-order valence-corrected chi connectivity index (χ2v) is 5.50. The van der Waals surface area contributed by atoms with Gasteiger partial charge in [-0.1, -0.05) is 12.1 Å². The summed E-state index contributed by atoms with van der Waals surface area (Å²) in [6.45, 7) is 4.64. The Labute approximate surface area is 115 Å². The lowest BCUT2D eigenvalue weighted by Gasteiger charge is -2.37. The normalized spacial score (nSPS) is 24.0. The lowest BCUT2D eigenvalue weighted by Crippen LogP contribution is -2.34. The summed E-state index contributed by atoms with van der Waals surface area (Å²) in [7, 11) is 1.95. The standard InChI is InChI=1S/C16H24FNO/c1-4-19-14-7-12(8-14)9-16(18-3)13-6-5-11(2)15(17)10-13/h5-6,10,12,14,16,18H,4,7-9H2,1-3H3. The van der Waals surface area contributed by atoms with Gasteiger partial charge in [0.25, 0.3) is 0 Å². The number of benzene rings is 1.